The van der Waals surface area contributed by atoms with E-state index in [9.17, 15) is 38.7 Å². The van der Waals surface area contributed by atoms with Gasteiger partial charge in [0.25, 0.3) is 0 Å². The molecule has 20 heteroatoms. The van der Waals surface area contributed by atoms with Crippen LogP contribution in [0.25, 0.3) is 0 Å². The molecule has 4 heterocycles. The third-order valence-electron chi connectivity index (χ3n) is 14.1. The number of esters is 1. The molecule has 1 aromatic rings. The number of nitrogens with zero attached hydrogens (tertiary/aromatic N) is 3. The van der Waals surface area contributed by atoms with Gasteiger partial charge in [-0.15, -0.1) is 11.8 Å². The molecule has 1 aromatic carbocycles. The van der Waals surface area contributed by atoms with E-state index in [4.69, 9.17) is 41.0 Å². The second-order valence-corrected chi connectivity index (χ2v) is 20.4. The van der Waals surface area contributed by atoms with E-state index in [1.165, 1.54) is 54.7 Å². The van der Waals surface area contributed by atoms with Gasteiger partial charge in [0.2, 0.25) is 29.5 Å². The summed E-state index contributed by atoms with van der Waals surface area (Å²) in [5.41, 5.74) is 4.31. The molecule has 0 aromatic heterocycles. The van der Waals surface area contributed by atoms with E-state index in [2.05, 4.69) is 5.32 Å². The highest BCUT2D eigenvalue weighted by molar-refractivity contribution is 8.00. The number of halogens is 1. The molecule has 4 fully saturated rings. The number of fused-ring (bicyclic) bond motifs is 5. The van der Waals surface area contributed by atoms with Crippen LogP contribution in [0.1, 0.15) is 84.6 Å². The molecule has 4 N–H and O–H groups in total. The number of nitrogens with one attached hydrogen (secondary N) is 1. The number of carbonyl (C=O) groups excluding carboxylic acids is 7. The molecule has 0 spiro atoms. The van der Waals surface area contributed by atoms with Gasteiger partial charge in [0.1, 0.15) is 40.7 Å². The first kappa shape index (κ1) is 51.7. The lowest BCUT2D eigenvalue weighted by molar-refractivity contribution is -0.162. The fourth-order valence-corrected chi connectivity index (χ4v) is 11.0. The number of alkyl carbamates (subject to hydrolysis) is 1. The molecule has 368 valence electrons. The maximum atomic E-state index is 14.3. The number of benzene rings is 1. The van der Waals surface area contributed by atoms with Crippen LogP contribution in [0.4, 0.5) is 10.5 Å². The molecule has 3 unspecified atom stereocenters. The number of epoxide rings is 1. The number of anilines is 1. The SMILES string of the molecule is COc1cc2cc(c1Cl)N(C)C(=O)C[C@H](OC(=O)[C@H](C)N(C)C(=O)CCSC1CC(=O)N(CC3CCC(C(N)=O)CC3)C1=O)[C@]1(C)O[C@H]1[C@H](C)C1CC(O)(NC(=O)O1)[C@H](OC)/C=C/C=C(\C)C2. The Balaban J connectivity index is 1.16. The van der Waals surface area contributed by atoms with Crippen LogP contribution in [-0.4, -0.2) is 144 Å². The van der Waals surface area contributed by atoms with Crippen molar-refractivity contribution in [3.8, 4) is 5.75 Å². The number of hydrogen-bond acceptors (Lipinski definition) is 14. The first-order valence-electron chi connectivity index (χ1n) is 22.7. The molecule has 67 heavy (non-hydrogen) atoms. The van der Waals surface area contributed by atoms with E-state index < -0.39 is 76.8 Å². The first-order valence-corrected chi connectivity index (χ1v) is 24.1. The van der Waals surface area contributed by atoms with Crippen molar-refractivity contribution >= 4 is 70.6 Å². The lowest BCUT2D eigenvalue weighted by atomic mass is 9.81. The Morgan fingerprint density at radius 3 is 2.46 bits per heavy atom. The number of thioether (sulfide) groups is 1. The quantitative estimate of drug-likeness (QED) is 0.152. The predicted octanol–water partition coefficient (Wildman–Crippen LogP) is 4.06. The highest BCUT2D eigenvalue weighted by atomic mass is 35.5. The molecule has 1 aliphatic carbocycles. The molecule has 4 bridgehead atoms. The van der Waals surface area contributed by atoms with Gasteiger partial charge in [0.15, 0.2) is 5.72 Å². The van der Waals surface area contributed by atoms with E-state index in [1.807, 2.05) is 13.0 Å². The van der Waals surface area contributed by atoms with Crippen LogP contribution in [0, 0.1) is 17.8 Å². The zero-order valence-electron chi connectivity index (χ0n) is 39.4. The summed E-state index contributed by atoms with van der Waals surface area (Å²) in [6.07, 6.45) is 3.11. The van der Waals surface area contributed by atoms with Crippen LogP contribution in [0.2, 0.25) is 5.02 Å². The number of nitrogens with two attached hydrogens (primary N) is 1. The van der Waals surface area contributed by atoms with E-state index in [1.54, 1.807) is 45.2 Å². The van der Waals surface area contributed by atoms with E-state index in [0.29, 0.717) is 50.1 Å². The number of aliphatic hydroxyl groups is 1. The zero-order valence-corrected chi connectivity index (χ0v) is 41.0. The first-order chi connectivity index (χ1) is 31.6. The molecule has 5 aliphatic rings. The van der Waals surface area contributed by atoms with Crippen LogP contribution in [0.5, 0.6) is 5.75 Å². The topological polar surface area (TPSA) is 237 Å². The number of primary amides is 1. The average Bonchev–Trinajstić information content (AvgIpc) is 3.91. The summed E-state index contributed by atoms with van der Waals surface area (Å²) >= 11 is 8.02. The molecule has 1 saturated carbocycles. The third kappa shape index (κ3) is 11.6. The average molecular weight is 975 g/mol. The fourth-order valence-electron chi connectivity index (χ4n) is 9.55. The molecular formula is C47H64ClN5O13S. The lowest BCUT2D eigenvalue weighted by Gasteiger charge is -2.42. The Morgan fingerprint density at radius 2 is 1.81 bits per heavy atom. The van der Waals surface area contributed by atoms with Gasteiger partial charge in [-0.1, -0.05) is 42.3 Å². The monoisotopic (exact) mass is 973 g/mol. The number of rotatable bonds is 12. The number of imide groups is 1. The highest BCUT2D eigenvalue weighted by Crippen LogP contribution is 2.49. The highest BCUT2D eigenvalue weighted by Gasteiger charge is 2.64. The van der Waals surface area contributed by atoms with Crippen molar-refractivity contribution in [2.24, 2.45) is 23.5 Å². The van der Waals surface area contributed by atoms with Crippen molar-refractivity contribution in [1.82, 2.24) is 15.1 Å². The number of allylic oxidation sites excluding steroid dienone is 3. The lowest BCUT2D eigenvalue weighted by Crippen LogP contribution is -2.63. The number of likely N-dealkylation sites (N-methyl/N-ethyl adjacent to an activating group) is 1. The van der Waals surface area contributed by atoms with Gasteiger partial charge in [-0.05, 0) is 76.5 Å². The smallest absolute Gasteiger partial charge is 0.409 e. The predicted molar refractivity (Wildman–Crippen MR) is 248 cm³/mol. The molecule has 0 radical (unpaired) electrons. The van der Waals surface area contributed by atoms with Crippen molar-refractivity contribution in [1.29, 1.82) is 0 Å². The van der Waals surface area contributed by atoms with Crippen molar-refractivity contribution in [3.05, 3.63) is 46.5 Å². The summed E-state index contributed by atoms with van der Waals surface area (Å²) in [6.45, 7) is 7.16. The largest absolute Gasteiger partial charge is 0.495 e. The van der Waals surface area contributed by atoms with Crippen molar-refractivity contribution in [2.45, 2.75) is 133 Å². The van der Waals surface area contributed by atoms with Crippen LogP contribution in [0.3, 0.4) is 0 Å². The molecule has 4 aliphatic heterocycles. The van der Waals surface area contributed by atoms with E-state index in [0.717, 1.165) is 11.1 Å². The van der Waals surface area contributed by atoms with Gasteiger partial charge in [-0.25, -0.2) is 9.59 Å². The second-order valence-electron chi connectivity index (χ2n) is 18.7. The summed E-state index contributed by atoms with van der Waals surface area (Å²) in [4.78, 5) is 96.5. The van der Waals surface area contributed by atoms with Gasteiger partial charge in [-0.3, -0.25) is 34.2 Å². The molecule has 6 rings (SSSR count). The van der Waals surface area contributed by atoms with Crippen LogP contribution >= 0.6 is 23.4 Å². The minimum absolute atomic E-state index is 0.0246. The number of methoxy groups -OCH3 is 2. The standard InChI is InChI=1S/C47H64ClN5O13S/c1-25-10-9-11-35(63-8)47(61)23-33(64-45(60)50-47)26(2)41-46(4,66-41)36(22-38(55)52(6)31-19-29(18-25)20-32(62-7)40(31)48)65-44(59)27(3)51(5)37(54)16-17-67-34-21-39(56)53(43(34)58)24-28-12-14-30(15-13-28)42(49)57/h9-11,19-20,26-28,30,33-36,41,61H,12-18,21-24H2,1-8H3,(H2,49,57)(H,50,60)/b11-9+,25-10+/t26-,27+,28?,30?,33?,34?,35-,36+,41+,46+,47?/m1/s1. The number of hydrogen-bond donors (Lipinski definition) is 3. The number of carbonyl (C=O) groups is 7. The minimum atomic E-state index is -1.87. The number of likely N-dealkylation sites (tertiary alicyclic amines) is 1. The normalized spacial score (nSPS) is 33.1. The van der Waals surface area contributed by atoms with Gasteiger partial charge in [-0.2, -0.15) is 0 Å². The van der Waals surface area contributed by atoms with Crippen LogP contribution in [-0.2, 0) is 54.1 Å². The van der Waals surface area contributed by atoms with Crippen LogP contribution in [0.15, 0.2) is 35.9 Å². The second kappa shape index (κ2) is 21.3. The summed E-state index contributed by atoms with van der Waals surface area (Å²) in [7, 11) is 5.89. The van der Waals surface area contributed by atoms with E-state index >= 15 is 0 Å². The van der Waals surface area contributed by atoms with Gasteiger partial charge >= 0.3 is 12.1 Å². The Morgan fingerprint density at radius 1 is 1.10 bits per heavy atom. The Labute approximate surface area is 400 Å². The van der Waals surface area contributed by atoms with E-state index in [-0.39, 0.29) is 66.0 Å². The van der Waals surface area contributed by atoms with Crippen molar-refractivity contribution < 1.29 is 62.4 Å². The molecule has 18 nitrogen and oxygen atoms in total. The summed E-state index contributed by atoms with van der Waals surface area (Å²) in [5.74, 6) is -2.71. The van der Waals surface area contributed by atoms with Gasteiger partial charge in [0.05, 0.1) is 30.6 Å². The van der Waals surface area contributed by atoms with Crippen molar-refractivity contribution in [2.75, 3.05) is 45.5 Å². The molecule has 3 saturated heterocycles. The molecular weight excluding hydrogens is 910 g/mol. The number of amides is 6. The summed E-state index contributed by atoms with van der Waals surface area (Å²) in [6, 6.07) is 2.42. The van der Waals surface area contributed by atoms with Crippen molar-refractivity contribution in [3.63, 3.8) is 0 Å². The Hall–Kier alpha value is -4.69. The number of ether oxygens (including phenoxy) is 5. The van der Waals surface area contributed by atoms with Crippen LogP contribution < -0.4 is 20.7 Å². The zero-order chi connectivity index (χ0) is 49.1. The maximum Gasteiger partial charge on any atom is 0.409 e. The molecule has 6 amide bonds. The Kier molecular flexibility index (Phi) is 16.4. The summed E-state index contributed by atoms with van der Waals surface area (Å²) in [5, 5.41) is 13.9. The van der Waals surface area contributed by atoms with Gasteiger partial charge in [0, 0.05) is 64.6 Å². The maximum absolute atomic E-state index is 14.3. The minimum Gasteiger partial charge on any atom is -0.495 e. The van der Waals surface area contributed by atoms with Gasteiger partial charge < -0.3 is 44.3 Å². The third-order valence-corrected chi connectivity index (χ3v) is 15.6. The summed E-state index contributed by atoms with van der Waals surface area (Å²) < 4.78 is 29.4. The molecule has 9 atom stereocenters. The fraction of sp³-hybridized carbons (Fsp3) is 0.638. The Bertz CT molecular complexity index is 2170.